The Morgan fingerprint density at radius 2 is 2.19 bits per heavy atom. The standard InChI is InChI=1S/C12H20N2OS/c1-3-9(4-2)8-14-12(15)11(13)10-6-5-7-16-10/h5-7,9,11H,3-4,8,13H2,1-2H3,(H,14,15). The summed E-state index contributed by atoms with van der Waals surface area (Å²) in [5.74, 6) is 0.480. The van der Waals surface area contributed by atoms with Gasteiger partial charge in [-0.05, 0) is 17.4 Å². The van der Waals surface area contributed by atoms with Crippen molar-refractivity contribution in [1.82, 2.24) is 5.32 Å². The minimum Gasteiger partial charge on any atom is -0.354 e. The minimum absolute atomic E-state index is 0.0747. The van der Waals surface area contributed by atoms with E-state index in [2.05, 4.69) is 19.2 Å². The maximum Gasteiger partial charge on any atom is 0.242 e. The van der Waals surface area contributed by atoms with E-state index in [0.717, 1.165) is 24.3 Å². The summed E-state index contributed by atoms with van der Waals surface area (Å²) >= 11 is 1.52. The van der Waals surface area contributed by atoms with Crippen LogP contribution in [0.15, 0.2) is 17.5 Å². The molecular weight excluding hydrogens is 220 g/mol. The van der Waals surface area contributed by atoms with Gasteiger partial charge in [-0.1, -0.05) is 32.8 Å². The van der Waals surface area contributed by atoms with E-state index in [-0.39, 0.29) is 5.91 Å². The molecule has 1 aromatic heterocycles. The molecule has 0 aromatic carbocycles. The van der Waals surface area contributed by atoms with E-state index in [0.29, 0.717) is 5.92 Å². The van der Waals surface area contributed by atoms with Gasteiger partial charge in [0, 0.05) is 11.4 Å². The van der Waals surface area contributed by atoms with E-state index in [9.17, 15) is 4.79 Å². The number of nitrogens with one attached hydrogen (secondary N) is 1. The first-order valence-electron chi connectivity index (χ1n) is 5.75. The van der Waals surface area contributed by atoms with Crippen LogP contribution in [0, 0.1) is 5.92 Å². The molecule has 0 aliphatic carbocycles. The average molecular weight is 240 g/mol. The van der Waals surface area contributed by atoms with Gasteiger partial charge in [-0.15, -0.1) is 11.3 Å². The molecule has 0 spiro atoms. The van der Waals surface area contributed by atoms with E-state index >= 15 is 0 Å². The Hall–Kier alpha value is -0.870. The summed E-state index contributed by atoms with van der Waals surface area (Å²) in [5.41, 5.74) is 5.85. The number of thiophene rings is 1. The molecule has 1 heterocycles. The van der Waals surface area contributed by atoms with E-state index in [4.69, 9.17) is 5.73 Å². The van der Waals surface area contributed by atoms with Crippen molar-refractivity contribution in [3.05, 3.63) is 22.4 Å². The minimum atomic E-state index is -0.519. The average Bonchev–Trinajstić information content (AvgIpc) is 2.82. The van der Waals surface area contributed by atoms with E-state index in [1.807, 2.05) is 17.5 Å². The highest BCUT2D eigenvalue weighted by molar-refractivity contribution is 7.10. The fourth-order valence-electron chi connectivity index (χ4n) is 1.53. The summed E-state index contributed by atoms with van der Waals surface area (Å²) in [6.45, 7) is 5.00. The molecule has 1 aromatic rings. The van der Waals surface area contributed by atoms with Crippen molar-refractivity contribution in [2.75, 3.05) is 6.54 Å². The second-order valence-corrected chi connectivity index (χ2v) is 4.90. The van der Waals surface area contributed by atoms with Gasteiger partial charge < -0.3 is 11.1 Å². The molecule has 0 bridgehead atoms. The number of carbonyl (C=O) groups is 1. The fourth-order valence-corrected chi connectivity index (χ4v) is 2.25. The number of carbonyl (C=O) groups excluding carboxylic acids is 1. The largest absolute Gasteiger partial charge is 0.354 e. The predicted molar refractivity (Wildman–Crippen MR) is 68.3 cm³/mol. The molecule has 16 heavy (non-hydrogen) atoms. The van der Waals surface area contributed by atoms with Crippen LogP contribution in [-0.4, -0.2) is 12.5 Å². The highest BCUT2D eigenvalue weighted by Crippen LogP contribution is 2.16. The Kier molecular flexibility index (Phi) is 5.49. The molecule has 0 saturated heterocycles. The van der Waals surface area contributed by atoms with Gasteiger partial charge >= 0.3 is 0 Å². The van der Waals surface area contributed by atoms with Crippen LogP contribution in [0.4, 0.5) is 0 Å². The van der Waals surface area contributed by atoms with Crippen molar-refractivity contribution in [2.45, 2.75) is 32.7 Å². The summed E-state index contributed by atoms with van der Waals surface area (Å²) in [5, 5.41) is 4.85. The predicted octanol–water partition coefficient (Wildman–Crippen LogP) is 2.30. The summed E-state index contributed by atoms with van der Waals surface area (Å²) < 4.78 is 0. The summed E-state index contributed by atoms with van der Waals surface area (Å²) in [6.07, 6.45) is 2.18. The van der Waals surface area contributed by atoms with Crippen molar-refractivity contribution < 1.29 is 4.79 Å². The van der Waals surface area contributed by atoms with Crippen LogP contribution in [0.2, 0.25) is 0 Å². The van der Waals surface area contributed by atoms with Gasteiger partial charge in [0.1, 0.15) is 6.04 Å². The van der Waals surface area contributed by atoms with Crippen LogP contribution in [0.1, 0.15) is 37.6 Å². The number of amides is 1. The van der Waals surface area contributed by atoms with Crippen LogP contribution in [-0.2, 0) is 4.79 Å². The van der Waals surface area contributed by atoms with Crippen LogP contribution >= 0.6 is 11.3 Å². The van der Waals surface area contributed by atoms with Gasteiger partial charge in [-0.25, -0.2) is 0 Å². The Labute approximate surface area is 101 Å². The topological polar surface area (TPSA) is 55.1 Å². The summed E-state index contributed by atoms with van der Waals surface area (Å²) in [6, 6.07) is 3.29. The number of hydrogen-bond donors (Lipinski definition) is 2. The summed E-state index contributed by atoms with van der Waals surface area (Å²) in [7, 11) is 0. The van der Waals surface area contributed by atoms with Crippen molar-refractivity contribution in [3.63, 3.8) is 0 Å². The van der Waals surface area contributed by atoms with Gasteiger partial charge in [0.2, 0.25) is 5.91 Å². The Morgan fingerprint density at radius 1 is 1.50 bits per heavy atom. The van der Waals surface area contributed by atoms with Crippen molar-refractivity contribution in [1.29, 1.82) is 0 Å². The lowest BCUT2D eigenvalue weighted by molar-refractivity contribution is -0.122. The molecule has 0 radical (unpaired) electrons. The third kappa shape index (κ3) is 3.61. The molecule has 1 amide bonds. The monoisotopic (exact) mass is 240 g/mol. The maximum absolute atomic E-state index is 11.7. The lowest BCUT2D eigenvalue weighted by Crippen LogP contribution is -2.36. The first kappa shape index (κ1) is 13.2. The molecule has 0 aliphatic rings. The van der Waals surface area contributed by atoms with E-state index in [1.54, 1.807) is 0 Å². The zero-order valence-corrected chi connectivity index (χ0v) is 10.7. The molecule has 0 aliphatic heterocycles. The molecule has 90 valence electrons. The molecule has 1 unspecified atom stereocenters. The van der Waals surface area contributed by atoms with Gasteiger partial charge in [-0.2, -0.15) is 0 Å². The third-order valence-corrected chi connectivity index (χ3v) is 3.81. The third-order valence-electron chi connectivity index (χ3n) is 2.85. The number of rotatable bonds is 6. The fraction of sp³-hybridized carbons (Fsp3) is 0.583. The zero-order valence-electron chi connectivity index (χ0n) is 9.90. The molecule has 1 rings (SSSR count). The SMILES string of the molecule is CCC(CC)CNC(=O)C(N)c1cccs1. The van der Waals surface area contributed by atoms with Crippen molar-refractivity contribution >= 4 is 17.2 Å². The second-order valence-electron chi connectivity index (χ2n) is 3.92. The normalized spacial score (nSPS) is 12.8. The van der Waals surface area contributed by atoms with Gasteiger partial charge in [0.05, 0.1) is 0 Å². The summed E-state index contributed by atoms with van der Waals surface area (Å²) in [4.78, 5) is 12.7. The molecule has 3 nitrogen and oxygen atoms in total. The Balaban J connectivity index is 2.41. The van der Waals surface area contributed by atoms with Gasteiger partial charge in [-0.3, -0.25) is 4.79 Å². The highest BCUT2D eigenvalue weighted by atomic mass is 32.1. The Bertz CT molecular complexity index is 307. The Morgan fingerprint density at radius 3 is 2.69 bits per heavy atom. The lowest BCUT2D eigenvalue weighted by Gasteiger charge is -2.15. The first-order valence-corrected chi connectivity index (χ1v) is 6.63. The quantitative estimate of drug-likeness (QED) is 0.801. The van der Waals surface area contributed by atoms with Crippen LogP contribution in [0.25, 0.3) is 0 Å². The molecule has 0 saturated carbocycles. The van der Waals surface area contributed by atoms with Crippen LogP contribution < -0.4 is 11.1 Å². The van der Waals surface area contributed by atoms with Crippen LogP contribution in [0.5, 0.6) is 0 Å². The van der Waals surface area contributed by atoms with E-state index in [1.165, 1.54) is 11.3 Å². The maximum atomic E-state index is 11.7. The molecule has 0 fully saturated rings. The van der Waals surface area contributed by atoms with Gasteiger partial charge in [0.25, 0.3) is 0 Å². The number of nitrogens with two attached hydrogens (primary N) is 1. The van der Waals surface area contributed by atoms with Gasteiger partial charge in [0.15, 0.2) is 0 Å². The molecule has 4 heteroatoms. The molecule has 3 N–H and O–H groups in total. The van der Waals surface area contributed by atoms with Crippen molar-refractivity contribution in [2.24, 2.45) is 11.7 Å². The highest BCUT2D eigenvalue weighted by Gasteiger charge is 2.16. The van der Waals surface area contributed by atoms with E-state index < -0.39 is 6.04 Å². The molecule has 1 atom stereocenters. The smallest absolute Gasteiger partial charge is 0.242 e. The zero-order chi connectivity index (χ0) is 12.0. The lowest BCUT2D eigenvalue weighted by atomic mass is 10.0. The molecular formula is C12H20N2OS. The second kappa shape index (κ2) is 6.66. The number of hydrogen-bond acceptors (Lipinski definition) is 3. The van der Waals surface area contributed by atoms with Crippen LogP contribution in [0.3, 0.4) is 0 Å². The first-order chi connectivity index (χ1) is 7.69. The van der Waals surface area contributed by atoms with Crippen molar-refractivity contribution in [3.8, 4) is 0 Å².